The van der Waals surface area contributed by atoms with Gasteiger partial charge in [0.15, 0.2) is 10.6 Å². The zero-order valence-corrected chi connectivity index (χ0v) is 13.7. The zero-order chi connectivity index (χ0) is 15.5. The highest BCUT2D eigenvalue weighted by Crippen LogP contribution is 2.19. The quantitative estimate of drug-likeness (QED) is 0.860. The highest BCUT2D eigenvalue weighted by atomic mass is 32.1. The molecule has 2 heterocycles. The van der Waals surface area contributed by atoms with E-state index in [9.17, 15) is 5.11 Å². The maximum Gasteiger partial charge on any atom is 0.199 e. The van der Waals surface area contributed by atoms with Gasteiger partial charge < -0.3 is 9.67 Å². The molecular weight excluding hydrogens is 296 g/mol. The Hall–Kier alpha value is -1.50. The predicted octanol–water partition coefficient (Wildman–Crippen LogP) is 2.33. The molecule has 1 aliphatic rings. The lowest BCUT2D eigenvalue weighted by molar-refractivity contribution is 0.186. The lowest BCUT2D eigenvalue weighted by Crippen LogP contribution is -2.32. The van der Waals surface area contributed by atoms with Gasteiger partial charge in [-0.1, -0.05) is 31.2 Å². The second kappa shape index (κ2) is 6.73. The summed E-state index contributed by atoms with van der Waals surface area (Å²) in [7, 11) is 0. The van der Waals surface area contributed by atoms with Crippen molar-refractivity contribution in [1.29, 1.82) is 0 Å². The standard InChI is InChI=1S/C16H22N4OS/c1-2-8-19-15(11-21)17-20(16(19)22)12-18-9-7-13-5-3-4-6-14(13)10-18/h3-6,21H,2,7-12H2,1H3. The molecule has 118 valence electrons. The first-order valence-corrected chi connectivity index (χ1v) is 8.20. The monoisotopic (exact) mass is 318 g/mol. The van der Waals surface area contributed by atoms with Crippen LogP contribution in [0.2, 0.25) is 0 Å². The zero-order valence-electron chi connectivity index (χ0n) is 12.9. The second-order valence-electron chi connectivity index (χ2n) is 5.72. The summed E-state index contributed by atoms with van der Waals surface area (Å²) in [5, 5.41) is 13.9. The topological polar surface area (TPSA) is 46.2 Å². The third-order valence-corrected chi connectivity index (χ3v) is 4.56. The van der Waals surface area contributed by atoms with Crippen molar-refractivity contribution in [3.05, 3.63) is 46.0 Å². The minimum Gasteiger partial charge on any atom is -0.388 e. The Morgan fingerprint density at radius 3 is 2.77 bits per heavy atom. The first kappa shape index (κ1) is 15.4. The molecule has 22 heavy (non-hydrogen) atoms. The molecule has 0 bridgehead atoms. The van der Waals surface area contributed by atoms with Crippen molar-refractivity contribution in [2.45, 2.75) is 46.1 Å². The third kappa shape index (κ3) is 2.99. The first-order chi connectivity index (χ1) is 10.7. The van der Waals surface area contributed by atoms with E-state index in [0.717, 1.165) is 32.5 Å². The van der Waals surface area contributed by atoms with E-state index >= 15 is 0 Å². The molecule has 1 aliphatic heterocycles. The molecule has 0 saturated carbocycles. The average Bonchev–Trinajstić information content (AvgIpc) is 2.84. The van der Waals surface area contributed by atoms with E-state index in [1.54, 1.807) is 0 Å². The Morgan fingerprint density at radius 2 is 2.05 bits per heavy atom. The van der Waals surface area contributed by atoms with Gasteiger partial charge in [0.05, 0.1) is 6.67 Å². The first-order valence-electron chi connectivity index (χ1n) is 7.79. The number of fused-ring (bicyclic) bond motifs is 1. The van der Waals surface area contributed by atoms with Gasteiger partial charge in [0.2, 0.25) is 0 Å². The summed E-state index contributed by atoms with van der Waals surface area (Å²) in [5.74, 6) is 0.657. The summed E-state index contributed by atoms with van der Waals surface area (Å²) in [6.45, 7) is 5.44. The van der Waals surface area contributed by atoms with Crippen molar-refractivity contribution in [3.63, 3.8) is 0 Å². The molecule has 0 saturated heterocycles. The SMILES string of the molecule is CCCn1c(CO)nn(CN2CCc3ccccc3C2)c1=S. The van der Waals surface area contributed by atoms with Crippen molar-refractivity contribution in [2.75, 3.05) is 6.54 Å². The van der Waals surface area contributed by atoms with Crippen LogP contribution in [-0.2, 0) is 32.8 Å². The van der Waals surface area contributed by atoms with Gasteiger partial charge in [0, 0.05) is 19.6 Å². The van der Waals surface area contributed by atoms with Crippen molar-refractivity contribution in [1.82, 2.24) is 19.2 Å². The van der Waals surface area contributed by atoms with E-state index in [-0.39, 0.29) is 6.61 Å². The Morgan fingerprint density at radius 1 is 1.27 bits per heavy atom. The number of aliphatic hydroxyl groups is 1. The van der Waals surface area contributed by atoms with E-state index in [1.165, 1.54) is 11.1 Å². The smallest absolute Gasteiger partial charge is 0.199 e. The molecule has 5 nitrogen and oxygen atoms in total. The van der Waals surface area contributed by atoms with Crippen LogP contribution in [-0.4, -0.2) is 30.9 Å². The Kier molecular flexibility index (Phi) is 4.71. The molecule has 2 aromatic rings. The van der Waals surface area contributed by atoms with Gasteiger partial charge in [-0.15, -0.1) is 0 Å². The van der Waals surface area contributed by atoms with Crippen molar-refractivity contribution >= 4 is 12.2 Å². The van der Waals surface area contributed by atoms with Gasteiger partial charge >= 0.3 is 0 Å². The van der Waals surface area contributed by atoms with Gasteiger partial charge in [-0.2, -0.15) is 5.10 Å². The number of rotatable bonds is 5. The molecule has 1 aromatic heterocycles. The highest BCUT2D eigenvalue weighted by Gasteiger charge is 2.17. The van der Waals surface area contributed by atoms with Crippen LogP contribution in [0.5, 0.6) is 0 Å². The number of aliphatic hydroxyl groups excluding tert-OH is 1. The molecule has 0 atom stereocenters. The van der Waals surface area contributed by atoms with E-state index in [1.807, 2.05) is 9.25 Å². The Bertz CT molecular complexity index is 706. The van der Waals surface area contributed by atoms with Gasteiger partial charge in [0.25, 0.3) is 0 Å². The van der Waals surface area contributed by atoms with Gasteiger partial charge in [-0.05, 0) is 36.2 Å². The van der Waals surface area contributed by atoms with Crippen LogP contribution in [0.4, 0.5) is 0 Å². The molecule has 0 fully saturated rings. The van der Waals surface area contributed by atoms with E-state index < -0.39 is 0 Å². The number of hydrogen-bond acceptors (Lipinski definition) is 4. The summed E-state index contributed by atoms with van der Waals surface area (Å²) in [6.07, 6.45) is 2.04. The molecular formula is C16H22N4OS. The number of aromatic nitrogens is 3. The maximum absolute atomic E-state index is 9.46. The fourth-order valence-electron chi connectivity index (χ4n) is 3.01. The van der Waals surface area contributed by atoms with Gasteiger partial charge in [-0.3, -0.25) is 4.90 Å². The number of nitrogens with zero attached hydrogens (tertiary/aromatic N) is 4. The predicted molar refractivity (Wildman–Crippen MR) is 87.8 cm³/mol. The normalized spacial score (nSPS) is 15.0. The van der Waals surface area contributed by atoms with Crippen LogP contribution in [0.1, 0.15) is 30.3 Å². The summed E-state index contributed by atoms with van der Waals surface area (Å²) < 4.78 is 4.47. The van der Waals surface area contributed by atoms with E-state index in [4.69, 9.17) is 12.2 Å². The molecule has 1 aromatic carbocycles. The molecule has 0 radical (unpaired) electrons. The third-order valence-electron chi connectivity index (χ3n) is 4.13. The Balaban J connectivity index is 1.78. The van der Waals surface area contributed by atoms with Crippen LogP contribution in [0.25, 0.3) is 0 Å². The molecule has 1 N–H and O–H groups in total. The molecule has 0 unspecified atom stereocenters. The fourth-order valence-corrected chi connectivity index (χ4v) is 3.30. The summed E-state index contributed by atoms with van der Waals surface area (Å²) in [6, 6.07) is 8.59. The summed E-state index contributed by atoms with van der Waals surface area (Å²) in [5.41, 5.74) is 2.82. The van der Waals surface area contributed by atoms with Crippen molar-refractivity contribution in [3.8, 4) is 0 Å². The van der Waals surface area contributed by atoms with Gasteiger partial charge in [0.1, 0.15) is 6.61 Å². The molecule has 6 heteroatoms. The van der Waals surface area contributed by atoms with E-state index in [0.29, 0.717) is 17.3 Å². The maximum atomic E-state index is 9.46. The van der Waals surface area contributed by atoms with Crippen LogP contribution in [0.15, 0.2) is 24.3 Å². The Labute approximate surface area is 135 Å². The lowest BCUT2D eigenvalue weighted by atomic mass is 10.0. The number of hydrogen-bond donors (Lipinski definition) is 1. The van der Waals surface area contributed by atoms with Crippen LogP contribution in [0.3, 0.4) is 0 Å². The minimum absolute atomic E-state index is 0.0700. The van der Waals surface area contributed by atoms with Crippen molar-refractivity contribution in [2.24, 2.45) is 0 Å². The van der Waals surface area contributed by atoms with E-state index in [2.05, 4.69) is 41.2 Å². The average molecular weight is 318 g/mol. The molecule has 0 spiro atoms. The molecule has 0 amide bonds. The molecule has 0 aliphatic carbocycles. The second-order valence-corrected chi connectivity index (χ2v) is 6.09. The largest absolute Gasteiger partial charge is 0.388 e. The van der Waals surface area contributed by atoms with Crippen LogP contribution in [0, 0.1) is 4.77 Å². The fraction of sp³-hybridized carbons (Fsp3) is 0.500. The molecule has 3 rings (SSSR count). The van der Waals surface area contributed by atoms with Crippen LogP contribution < -0.4 is 0 Å². The van der Waals surface area contributed by atoms with Gasteiger partial charge in [-0.25, -0.2) is 4.68 Å². The summed E-state index contributed by atoms with van der Waals surface area (Å²) in [4.78, 5) is 2.35. The number of benzene rings is 1. The summed E-state index contributed by atoms with van der Waals surface area (Å²) >= 11 is 5.52. The minimum atomic E-state index is -0.0700. The highest BCUT2D eigenvalue weighted by molar-refractivity contribution is 7.71. The van der Waals surface area contributed by atoms with Crippen LogP contribution >= 0.6 is 12.2 Å². The van der Waals surface area contributed by atoms with Crippen molar-refractivity contribution < 1.29 is 5.11 Å². The lowest BCUT2D eigenvalue weighted by Gasteiger charge is -2.28.